The van der Waals surface area contributed by atoms with Crippen molar-refractivity contribution in [3.8, 4) is 0 Å². The quantitative estimate of drug-likeness (QED) is 0.825. The van der Waals surface area contributed by atoms with Crippen molar-refractivity contribution < 1.29 is 4.79 Å². The third-order valence-corrected chi connectivity index (χ3v) is 3.76. The summed E-state index contributed by atoms with van der Waals surface area (Å²) in [7, 11) is 0. The number of urea groups is 1. The molecule has 2 amide bonds. The molecule has 0 radical (unpaired) electrons. The van der Waals surface area contributed by atoms with Gasteiger partial charge in [-0.15, -0.1) is 0 Å². The molecule has 6 heteroatoms. The summed E-state index contributed by atoms with van der Waals surface area (Å²) in [5.41, 5.74) is 4.60. The molecule has 1 aromatic rings. The third kappa shape index (κ3) is 5.30. The minimum absolute atomic E-state index is 0.248. The van der Waals surface area contributed by atoms with E-state index in [9.17, 15) is 4.79 Å². The molecule has 0 aromatic carbocycles. The van der Waals surface area contributed by atoms with Gasteiger partial charge in [-0.3, -0.25) is 4.98 Å². The summed E-state index contributed by atoms with van der Waals surface area (Å²) >= 11 is 1.93. The molecule has 0 unspecified atom stereocenters. The summed E-state index contributed by atoms with van der Waals surface area (Å²) in [5.74, 6) is 2.20. The molecule has 0 saturated carbocycles. The highest BCUT2D eigenvalue weighted by atomic mass is 32.2. The lowest BCUT2D eigenvalue weighted by Gasteiger charge is -2.12. The molecule has 0 aliphatic carbocycles. The Hall–Kier alpha value is -1.56. The highest BCUT2D eigenvalue weighted by molar-refractivity contribution is 7.99. The Morgan fingerprint density at radius 3 is 2.95 bits per heavy atom. The van der Waals surface area contributed by atoms with E-state index in [1.807, 2.05) is 30.0 Å². The number of nitrogens with zero attached hydrogens (tertiary/aromatic N) is 2. The average molecular weight is 278 g/mol. The smallest absolute Gasteiger partial charge is 0.335 e. The molecular weight excluding hydrogens is 260 g/mol. The van der Waals surface area contributed by atoms with Crippen molar-refractivity contribution in [1.29, 1.82) is 0 Å². The van der Waals surface area contributed by atoms with Crippen LogP contribution in [0.1, 0.15) is 18.5 Å². The number of rotatable bonds is 4. The maximum Gasteiger partial charge on any atom is 0.335 e. The zero-order valence-electron chi connectivity index (χ0n) is 10.8. The molecule has 1 fully saturated rings. The van der Waals surface area contributed by atoms with Crippen molar-refractivity contribution in [2.75, 3.05) is 18.1 Å². The zero-order chi connectivity index (χ0) is 13.3. The molecule has 2 N–H and O–H groups in total. The number of carbonyl (C=O) groups is 1. The van der Waals surface area contributed by atoms with Gasteiger partial charge < -0.3 is 5.32 Å². The monoisotopic (exact) mass is 278 g/mol. The largest absolute Gasteiger partial charge is 0.336 e. The summed E-state index contributed by atoms with van der Waals surface area (Å²) in [4.78, 5) is 15.7. The number of hydrazone groups is 1. The van der Waals surface area contributed by atoms with Crippen LogP contribution < -0.4 is 10.7 Å². The van der Waals surface area contributed by atoms with E-state index in [4.69, 9.17) is 0 Å². The van der Waals surface area contributed by atoms with Crippen molar-refractivity contribution in [3.63, 3.8) is 0 Å². The van der Waals surface area contributed by atoms with Gasteiger partial charge in [-0.05, 0) is 36.5 Å². The first-order valence-corrected chi connectivity index (χ1v) is 7.57. The van der Waals surface area contributed by atoms with E-state index in [-0.39, 0.29) is 6.03 Å². The molecule has 102 valence electrons. The zero-order valence-corrected chi connectivity index (χ0v) is 11.6. The molecule has 1 aliphatic heterocycles. The maximum atomic E-state index is 11.5. The fourth-order valence-corrected chi connectivity index (χ4v) is 2.70. The summed E-state index contributed by atoms with van der Waals surface area (Å²) in [5, 5.41) is 6.90. The number of carbonyl (C=O) groups excluding carboxylic acids is 1. The average Bonchev–Trinajstić information content (AvgIpc) is 2.47. The third-order valence-electron chi connectivity index (χ3n) is 2.78. The molecule has 0 spiro atoms. The lowest BCUT2D eigenvalue weighted by molar-refractivity contribution is 0.241. The van der Waals surface area contributed by atoms with Gasteiger partial charge in [0.25, 0.3) is 0 Å². The standard InChI is InChI=1S/C13H18N4OS/c18-13(17-16-12-5-9-19-10-6-12)15-8-4-11-3-1-2-7-14-11/h1-3,7H,4-6,8-10H2,(H2,15,17,18). The normalized spacial score (nSPS) is 14.8. The molecule has 2 heterocycles. The van der Waals surface area contributed by atoms with Crippen molar-refractivity contribution in [3.05, 3.63) is 30.1 Å². The number of hydrogen-bond acceptors (Lipinski definition) is 4. The van der Waals surface area contributed by atoms with Gasteiger partial charge in [0.15, 0.2) is 0 Å². The van der Waals surface area contributed by atoms with Crippen LogP contribution in [-0.2, 0) is 6.42 Å². The number of pyridine rings is 1. The minimum atomic E-state index is -0.248. The number of thioether (sulfide) groups is 1. The van der Waals surface area contributed by atoms with Gasteiger partial charge in [-0.2, -0.15) is 16.9 Å². The van der Waals surface area contributed by atoms with Crippen LogP contribution in [0.15, 0.2) is 29.5 Å². The van der Waals surface area contributed by atoms with Crippen LogP contribution in [-0.4, -0.2) is 34.8 Å². The van der Waals surface area contributed by atoms with Gasteiger partial charge in [0, 0.05) is 30.6 Å². The lowest BCUT2D eigenvalue weighted by atomic mass is 10.2. The highest BCUT2D eigenvalue weighted by Crippen LogP contribution is 2.13. The van der Waals surface area contributed by atoms with Gasteiger partial charge in [-0.25, -0.2) is 10.2 Å². The van der Waals surface area contributed by atoms with Crippen molar-refractivity contribution in [1.82, 2.24) is 15.7 Å². The van der Waals surface area contributed by atoms with Crippen LogP contribution in [0.5, 0.6) is 0 Å². The predicted molar refractivity (Wildman–Crippen MR) is 78.5 cm³/mol. The maximum absolute atomic E-state index is 11.5. The van der Waals surface area contributed by atoms with Gasteiger partial charge in [0.2, 0.25) is 0 Å². The van der Waals surface area contributed by atoms with E-state index in [0.29, 0.717) is 6.54 Å². The molecular formula is C13H18N4OS. The van der Waals surface area contributed by atoms with Crippen molar-refractivity contribution in [2.24, 2.45) is 5.10 Å². The molecule has 2 rings (SSSR count). The van der Waals surface area contributed by atoms with Gasteiger partial charge in [0.1, 0.15) is 0 Å². The van der Waals surface area contributed by atoms with Gasteiger partial charge >= 0.3 is 6.03 Å². The second-order valence-corrected chi connectivity index (χ2v) is 5.45. The number of amides is 2. The predicted octanol–water partition coefficient (Wildman–Crippen LogP) is 1.81. The first-order valence-electron chi connectivity index (χ1n) is 6.41. The number of aromatic nitrogens is 1. The summed E-state index contributed by atoms with van der Waals surface area (Å²) in [6, 6.07) is 5.51. The Morgan fingerprint density at radius 1 is 1.37 bits per heavy atom. The van der Waals surface area contributed by atoms with E-state index in [1.165, 1.54) is 0 Å². The molecule has 1 aromatic heterocycles. The lowest BCUT2D eigenvalue weighted by Crippen LogP contribution is -2.34. The molecule has 0 bridgehead atoms. The Labute approximate surface area is 117 Å². The van der Waals surface area contributed by atoms with E-state index in [2.05, 4.69) is 20.8 Å². The molecule has 5 nitrogen and oxygen atoms in total. The number of nitrogens with one attached hydrogen (secondary N) is 2. The van der Waals surface area contributed by atoms with Crippen LogP contribution in [0.4, 0.5) is 4.79 Å². The Balaban J connectivity index is 1.64. The number of hydrogen-bond donors (Lipinski definition) is 2. The summed E-state index contributed by atoms with van der Waals surface area (Å²) in [6.07, 6.45) is 4.42. The Bertz CT molecular complexity index is 428. The van der Waals surface area contributed by atoms with E-state index in [0.717, 1.165) is 42.2 Å². The molecule has 19 heavy (non-hydrogen) atoms. The van der Waals surface area contributed by atoms with Gasteiger partial charge in [-0.1, -0.05) is 6.07 Å². The Morgan fingerprint density at radius 2 is 2.21 bits per heavy atom. The SMILES string of the molecule is O=C(NCCc1ccccn1)NN=C1CCSCC1. The van der Waals surface area contributed by atoms with Crippen molar-refractivity contribution >= 4 is 23.5 Å². The van der Waals surface area contributed by atoms with Crippen LogP contribution >= 0.6 is 11.8 Å². The molecule has 0 atom stereocenters. The fraction of sp³-hybridized carbons (Fsp3) is 0.462. The molecule has 1 aliphatic rings. The second-order valence-electron chi connectivity index (χ2n) is 4.23. The van der Waals surface area contributed by atoms with Gasteiger partial charge in [0.05, 0.1) is 0 Å². The summed E-state index contributed by atoms with van der Waals surface area (Å²) < 4.78 is 0. The first kappa shape index (κ1) is 13.9. The first-order chi connectivity index (χ1) is 9.34. The molecule has 1 saturated heterocycles. The summed E-state index contributed by atoms with van der Waals surface area (Å²) in [6.45, 7) is 0.559. The fourth-order valence-electron chi connectivity index (χ4n) is 1.74. The van der Waals surface area contributed by atoms with Crippen LogP contribution in [0.3, 0.4) is 0 Å². The van der Waals surface area contributed by atoms with Crippen LogP contribution in [0, 0.1) is 0 Å². The van der Waals surface area contributed by atoms with Crippen LogP contribution in [0.25, 0.3) is 0 Å². The Kier molecular flexibility index (Phi) is 5.68. The van der Waals surface area contributed by atoms with Crippen LogP contribution in [0.2, 0.25) is 0 Å². The second kappa shape index (κ2) is 7.78. The van der Waals surface area contributed by atoms with E-state index in [1.54, 1.807) is 6.20 Å². The van der Waals surface area contributed by atoms with Crippen molar-refractivity contribution in [2.45, 2.75) is 19.3 Å². The highest BCUT2D eigenvalue weighted by Gasteiger charge is 2.07. The topological polar surface area (TPSA) is 66.4 Å². The van der Waals surface area contributed by atoms with E-state index < -0.39 is 0 Å². The minimum Gasteiger partial charge on any atom is -0.336 e. The van der Waals surface area contributed by atoms with E-state index >= 15 is 0 Å².